The summed E-state index contributed by atoms with van der Waals surface area (Å²) >= 11 is 0. The lowest BCUT2D eigenvalue weighted by atomic mass is 10.0. The van der Waals surface area contributed by atoms with Crippen LogP contribution in [0.4, 0.5) is 0 Å². The number of hydrogen-bond acceptors (Lipinski definition) is 4. The predicted molar refractivity (Wildman–Crippen MR) is 134 cm³/mol. The van der Waals surface area contributed by atoms with E-state index in [4.69, 9.17) is 4.74 Å². The molecule has 0 spiro atoms. The second-order valence-electron chi connectivity index (χ2n) is 9.28. The van der Waals surface area contributed by atoms with E-state index in [-0.39, 0.29) is 11.9 Å². The van der Waals surface area contributed by atoms with Gasteiger partial charge in [-0.05, 0) is 25.7 Å². The average molecular weight is 470 g/mol. The summed E-state index contributed by atoms with van der Waals surface area (Å²) in [5.41, 5.74) is 0. The molecule has 1 N–H and O–H groups in total. The fourth-order valence-corrected chi connectivity index (χ4v) is 4.11. The Balaban J connectivity index is 3.89. The molecule has 0 aliphatic heterocycles. The fourth-order valence-electron chi connectivity index (χ4n) is 4.11. The van der Waals surface area contributed by atoms with Gasteiger partial charge in [-0.2, -0.15) is 0 Å². The normalized spacial score (nSPS) is 11.8. The summed E-state index contributed by atoms with van der Waals surface area (Å²) < 4.78 is 5.32. The highest BCUT2D eigenvalue weighted by Crippen LogP contribution is 2.14. The molecule has 194 valence electrons. The number of carbonyl (C=O) groups is 3. The average Bonchev–Trinajstić information content (AvgIpc) is 2.77. The minimum absolute atomic E-state index is 0.155. The molecule has 0 rings (SSSR count). The molecule has 1 atom stereocenters. The van der Waals surface area contributed by atoms with E-state index >= 15 is 0 Å². The van der Waals surface area contributed by atoms with E-state index in [0.717, 1.165) is 44.9 Å². The van der Waals surface area contributed by atoms with E-state index in [0.29, 0.717) is 38.8 Å². The molecule has 1 unspecified atom stereocenters. The Labute approximate surface area is 202 Å². The molecule has 0 aliphatic carbocycles. The van der Waals surface area contributed by atoms with Crippen LogP contribution < -0.4 is 0 Å². The SMILES string of the molecule is CCCCCCCCCCCOC(=O)CCCCCN(C(C)=O)C(CCCCCC)C(=O)O. The Hall–Kier alpha value is -1.59. The number of carboxylic acid groups (broad SMARTS) is 1. The van der Waals surface area contributed by atoms with Crippen LogP contribution >= 0.6 is 0 Å². The quantitative estimate of drug-likeness (QED) is 0.130. The molecule has 0 aromatic heterocycles. The fraction of sp³-hybridized carbons (Fsp3) is 0.889. The van der Waals surface area contributed by atoms with E-state index in [1.807, 2.05) is 0 Å². The van der Waals surface area contributed by atoms with Gasteiger partial charge in [-0.1, -0.05) is 97.3 Å². The summed E-state index contributed by atoms with van der Waals surface area (Å²) in [4.78, 5) is 37.1. The van der Waals surface area contributed by atoms with Crippen molar-refractivity contribution in [3.05, 3.63) is 0 Å². The summed E-state index contributed by atoms with van der Waals surface area (Å²) in [5, 5.41) is 9.56. The number of nitrogens with zero attached hydrogens (tertiary/aromatic N) is 1. The van der Waals surface area contributed by atoms with Gasteiger partial charge in [-0.3, -0.25) is 9.59 Å². The van der Waals surface area contributed by atoms with Gasteiger partial charge in [-0.25, -0.2) is 4.79 Å². The van der Waals surface area contributed by atoms with Gasteiger partial charge in [0, 0.05) is 19.9 Å². The largest absolute Gasteiger partial charge is 0.480 e. The van der Waals surface area contributed by atoms with Crippen molar-refractivity contribution in [1.29, 1.82) is 0 Å². The van der Waals surface area contributed by atoms with E-state index < -0.39 is 12.0 Å². The highest BCUT2D eigenvalue weighted by molar-refractivity contribution is 5.82. The number of carbonyl (C=O) groups excluding carboxylic acids is 2. The van der Waals surface area contributed by atoms with Crippen LogP contribution in [-0.2, 0) is 19.1 Å². The van der Waals surface area contributed by atoms with Crippen LogP contribution in [0.3, 0.4) is 0 Å². The lowest BCUT2D eigenvalue weighted by molar-refractivity contribution is -0.149. The maximum absolute atomic E-state index is 12.0. The molecule has 0 aromatic carbocycles. The second kappa shape index (κ2) is 22.2. The van der Waals surface area contributed by atoms with Gasteiger partial charge in [0.1, 0.15) is 6.04 Å². The van der Waals surface area contributed by atoms with Gasteiger partial charge < -0.3 is 14.7 Å². The zero-order valence-electron chi connectivity index (χ0n) is 21.7. The minimum Gasteiger partial charge on any atom is -0.480 e. The third-order valence-corrected chi connectivity index (χ3v) is 6.19. The number of amides is 1. The molecule has 0 heterocycles. The zero-order valence-corrected chi connectivity index (χ0v) is 21.7. The van der Waals surface area contributed by atoms with Crippen molar-refractivity contribution in [2.45, 2.75) is 142 Å². The van der Waals surface area contributed by atoms with Gasteiger partial charge in [0.25, 0.3) is 0 Å². The highest BCUT2D eigenvalue weighted by Gasteiger charge is 2.26. The number of ether oxygens (including phenoxy) is 1. The van der Waals surface area contributed by atoms with Crippen LogP contribution in [0.25, 0.3) is 0 Å². The summed E-state index contributed by atoms with van der Waals surface area (Å²) in [7, 11) is 0. The Morgan fingerprint density at radius 1 is 0.727 bits per heavy atom. The van der Waals surface area contributed by atoms with Crippen molar-refractivity contribution in [3.8, 4) is 0 Å². The lowest BCUT2D eigenvalue weighted by Crippen LogP contribution is -2.44. The lowest BCUT2D eigenvalue weighted by Gasteiger charge is -2.28. The van der Waals surface area contributed by atoms with Crippen molar-refractivity contribution >= 4 is 17.8 Å². The second-order valence-corrected chi connectivity index (χ2v) is 9.28. The highest BCUT2D eigenvalue weighted by atomic mass is 16.5. The van der Waals surface area contributed by atoms with Crippen LogP contribution in [0.2, 0.25) is 0 Å². The molecule has 1 amide bonds. The third-order valence-electron chi connectivity index (χ3n) is 6.19. The van der Waals surface area contributed by atoms with Gasteiger partial charge in [0.15, 0.2) is 0 Å². The van der Waals surface area contributed by atoms with Crippen LogP contribution in [0, 0.1) is 0 Å². The van der Waals surface area contributed by atoms with Crippen molar-refractivity contribution in [1.82, 2.24) is 4.90 Å². The first-order valence-electron chi connectivity index (χ1n) is 13.6. The van der Waals surface area contributed by atoms with E-state index in [1.165, 1.54) is 56.8 Å². The Morgan fingerprint density at radius 3 is 1.79 bits per heavy atom. The number of aliphatic carboxylic acids is 1. The van der Waals surface area contributed by atoms with Crippen molar-refractivity contribution in [2.24, 2.45) is 0 Å². The van der Waals surface area contributed by atoms with Crippen molar-refractivity contribution < 1.29 is 24.2 Å². The van der Waals surface area contributed by atoms with Crippen LogP contribution in [-0.4, -0.2) is 47.0 Å². The topological polar surface area (TPSA) is 83.9 Å². The molecule has 6 nitrogen and oxygen atoms in total. The van der Waals surface area contributed by atoms with Crippen molar-refractivity contribution in [2.75, 3.05) is 13.2 Å². The minimum atomic E-state index is -0.929. The molecule has 6 heteroatoms. The van der Waals surface area contributed by atoms with Gasteiger partial charge in [0.05, 0.1) is 6.61 Å². The molecular formula is C27H51NO5. The Morgan fingerprint density at radius 2 is 1.24 bits per heavy atom. The molecule has 0 aliphatic rings. The van der Waals surface area contributed by atoms with Crippen molar-refractivity contribution in [3.63, 3.8) is 0 Å². The van der Waals surface area contributed by atoms with E-state index in [2.05, 4.69) is 13.8 Å². The molecule has 0 aromatic rings. The maximum Gasteiger partial charge on any atom is 0.326 e. The third kappa shape index (κ3) is 18.5. The van der Waals surface area contributed by atoms with Crippen LogP contribution in [0.5, 0.6) is 0 Å². The molecule has 0 fully saturated rings. The number of carboxylic acids is 1. The first-order valence-corrected chi connectivity index (χ1v) is 13.6. The molecule has 0 saturated heterocycles. The monoisotopic (exact) mass is 469 g/mol. The van der Waals surface area contributed by atoms with E-state index in [9.17, 15) is 19.5 Å². The van der Waals surface area contributed by atoms with Gasteiger partial charge in [0.2, 0.25) is 5.91 Å². The number of esters is 1. The Bertz CT molecular complexity index is 509. The Kier molecular flexibility index (Phi) is 21.1. The van der Waals surface area contributed by atoms with E-state index in [1.54, 1.807) is 0 Å². The smallest absolute Gasteiger partial charge is 0.326 e. The summed E-state index contributed by atoms with van der Waals surface area (Å²) in [6.07, 6.45) is 18.2. The summed E-state index contributed by atoms with van der Waals surface area (Å²) in [6.45, 7) is 6.71. The van der Waals surface area contributed by atoms with Crippen LogP contribution in [0.15, 0.2) is 0 Å². The molecular weight excluding hydrogens is 418 g/mol. The number of hydrogen-bond donors (Lipinski definition) is 1. The zero-order chi connectivity index (χ0) is 24.7. The first-order chi connectivity index (χ1) is 15.9. The maximum atomic E-state index is 12.0. The molecule has 0 radical (unpaired) electrons. The summed E-state index contributed by atoms with van der Waals surface area (Å²) in [5.74, 6) is -1.28. The molecule has 0 saturated carbocycles. The van der Waals surface area contributed by atoms with Crippen LogP contribution in [0.1, 0.15) is 136 Å². The molecule has 33 heavy (non-hydrogen) atoms. The summed E-state index contributed by atoms with van der Waals surface area (Å²) in [6, 6.07) is -0.749. The standard InChI is InChI=1S/C27H51NO5/c1-4-6-8-10-11-12-13-14-19-23-33-26(30)21-17-15-18-22-28(24(3)29)25(27(31)32)20-16-9-7-5-2/h25H,4-23H2,1-3H3,(H,31,32). The van der Waals surface area contributed by atoms with Gasteiger partial charge in [-0.15, -0.1) is 0 Å². The number of unbranched alkanes of at least 4 members (excludes halogenated alkanes) is 13. The van der Waals surface area contributed by atoms with Gasteiger partial charge >= 0.3 is 11.9 Å². The molecule has 0 bridgehead atoms. The predicted octanol–water partition coefficient (Wildman–Crippen LogP) is 6.89. The first kappa shape index (κ1) is 31.4. The number of rotatable bonds is 23.